The number of pyridine rings is 1. The van der Waals surface area contributed by atoms with Gasteiger partial charge in [-0.05, 0) is 47.9 Å². The van der Waals surface area contributed by atoms with Gasteiger partial charge in [-0.1, -0.05) is 0 Å². The Morgan fingerprint density at radius 3 is 3.17 bits per heavy atom. The Kier molecular flexibility index (Phi) is 3.14. The Morgan fingerprint density at radius 1 is 1.44 bits per heavy atom. The molecule has 2 aromatic heterocycles. The Hall–Kier alpha value is -1.26. The minimum absolute atomic E-state index is 0.165. The van der Waals surface area contributed by atoms with Crippen LogP contribution in [-0.4, -0.2) is 4.98 Å². The maximum Gasteiger partial charge on any atom is 0.141 e. The van der Waals surface area contributed by atoms with Crippen molar-refractivity contribution in [3.63, 3.8) is 0 Å². The van der Waals surface area contributed by atoms with E-state index in [2.05, 4.69) is 16.4 Å². The molecule has 1 aliphatic rings. The lowest BCUT2D eigenvalue weighted by molar-refractivity contribution is 0.475. The molecule has 94 valence electrons. The van der Waals surface area contributed by atoms with Crippen molar-refractivity contribution in [2.75, 3.05) is 0 Å². The van der Waals surface area contributed by atoms with Crippen molar-refractivity contribution in [2.45, 2.75) is 31.2 Å². The highest BCUT2D eigenvalue weighted by Gasteiger charge is 2.27. The lowest BCUT2D eigenvalue weighted by Gasteiger charge is -2.28. The molecule has 1 aliphatic carbocycles. The van der Waals surface area contributed by atoms with E-state index in [4.69, 9.17) is 5.73 Å². The summed E-state index contributed by atoms with van der Waals surface area (Å²) in [6, 6.07) is 3.50. The molecule has 0 amide bonds. The van der Waals surface area contributed by atoms with E-state index in [0.717, 1.165) is 24.8 Å². The number of rotatable bonds is 2. The van der Waals surface area contributed by atoms with Crippen LogP contribution in [0.2, 0.25) is 0 Å². The number of aromatic nitrogens is 1. The molecule has 0 saturated heterocycles. The summed E-state index contributed by atoms with van der Waals surface area (Å²) in [5.41, 5.74) is 8.45. The highest BCUT2D eigenvalue weighted by molar-refractivity contribution is 7.10. The van der Waals surface area contributed by atoms with E-state index in [1.807, 2.05) is 0 Å². The summed E-state index contributed by atoms with van der Waals surface area (Å²) in [6.45, 7) is 0. The zero-order chi connectivity index (χ0) is 12.5. The zero-order valence-corrected chi connectivity index (χ0v) is 10.8. The van der Waals surface area contributed by atoms with Crippen molar-refractivity contribution >= 4 is 11.3 Å². The maximum absolute atomic E-state index is 13.2. The second-order valence-electron chi connectivity index (χ2n) is 4.76. The molecular weight excluding hydrogens is 247 g/mol. The number of nitrogens with zero attached hydrogens (tertiary/aromatic N) is 1. The summed E-state index contributed by atoms with van der Waals surface area (Å²) in [5, 5.41) is 2.12. The van der Waals surface area contributed by atoms with Gasteiger partial charge in [0.2, 0.25) is 0 Å². The third kappa shape index (κ3) is 2.06. The number of thiophene rings is 1. The van der Waals surface area contributed by atoms with Gasteiger partial charge in [0.15, 0.2) is 0 Å². The van der Waals surface area contributed by atoms with Crippen molar-refractivity contribution in [2.24, 2.45) is 5.73 Å². The first kappa shape index (κ1) is 11.8. The predicted octanol–water partition coefficient (Wildman–Crippen LogP) is 3.40. The summed E-state index contributed by atoms with van der Waals surface area (Å²) < 4.78 is 13.2. The van der Waals surface area contributed by atoms with Crippen LogP contribution in [0.1, 0.15) is 40.8 Å². The van der Waals surface area contributed by atoms with Gasteiger partial charge < -0.3 is 5.73 Å². The topological polar surface area (TPSA) is 38.9 Å². The highest BCUT2D eigenvalue weighted by Crippen LogP contribution is 2.41. The van der Waals surface area contributed by atoms with Gasteiger partial charge >= 0.3 is 0 Å². The highest BCUT2D eigenvalue weighted by atomic mass is 32.1. The van der Waals surface area contributed by atoms with Crippen LogP contribution in [0.5, 0.6) is 0 Å². The molecule has 2 N–H and O–H groups in total. The summed E-state index contributed by atoms with van der Waals surface area (Å²) in [4.78, 5) is 5.33. The van der Waals surface area contributed by atoms with Crippen LogP contribution < -0.4 is 5.73 Å². The number of halogens is 1. The van der Waals surface area contributed by atoms with Gasteiger partial charge in [-0.2, -0.15) is 0 Å². The molecule has 0 aliphatic heterocycles. The van der Waals surface area contributed by atoms with Crippen LogP contribution in [0.25, 0.3) is 0 Å². The van der Waals surface area contributed by atoms with Gasteiger partial charge in [-0.15, -0.1) is 11.3 Å². The number of nitrogens with two attached hydrogens (primary N) is 1. The smallest absolute Gasteiger partial charge is 0.141 e. The Morgan fingerprint density at radius 2 is 2.33 bits per heavy atom. The number of hydrogen-bond acceptors (Lipinski definition) is 3. The standard InChI is InChI=1S/C14H15FN2S/c15-10-6-9(7-17-8-10)14(16)12-2-1-3-13-11(12)4-5-18-13/h4-8,12,14H,1-3,16H2. The molecule has 2 nitrogen and oxygen atoms in total. The van der Waals surface area contributed by atoms with Gasteiger partial charge in [0.25, 0.3) is 0 Å². The van der Waals surface area contributed by atoms with Crippen LogP contribution in [0, 0.1) is 5.82 Å². The van der Waals surface area contributed by atoms with Crippen LogP contribution in [0.4, 0.5) is 4.39 Å². The lowest BCUT2D eigenvalue weighted by Crippen LogP contribution is -2.23. The average molecular weight is 262 g/mol. The third-order valence-corrected chi connectivity index (χ3v) is 4.64. The van der Waals surface area contributed by atoms with Crippen LogP contribution >= 0.6 is 11.3 Å². The molecule has 0 radical (unpaired) electrons. The quantitative estimate of drug-likeness (QED) is 0.901. The molecule has 0 bridgehead atoms. The first-order valence-corrected chi connectivity index (χ1v) is 7.06. The van der Waals surface area contributed by atoms with E-state index < -0.39 is 0 Å². The monoisotopic (exact) mass is 262 g/mol. The molecule has 18 heavy (non-hydrogen) atoms. The number of fused-ring (bicyclic) bond motifs is 1. The second-order valence-corrected chi connectivity index (χ2v) is 5.76. The van der Waals surface area contributed by atoms with Gasteiger partial charge in [0, 0.05) is 23.0 Å². The molecular formula is C14H15FN2S. The van der Waals surface area contributed by atoms with Crippen LogP contribution in [0.3, 0.4) is 0 Å². The molecule has 2 atom stereocenters. The Labute approximate surface area is 110 Å². The zero-order valence-electron chi connectivity index (χ0n) is 9.97. The normalized spacial score (nSPS) is 20.4. The lowest BCUT2D eigenvalue weighted by atomic mass is 9.80. The molecule has 3 rings (SSSR count). The van der Waals surface area contributed by atoms with E-state index >= 15 is 0 Å². The number of aryl methyl sites for hydroxylation is 1. The van der Waals surface area contributed by atoms with Crippen LogP contribution in [0.15, 0.2) is 29.9 Å². The fourth-order valence-corrected chi connectivity index (χ4v) is 3.73. The van der Waals surface area contributed by atoms with Crippen molar-refractivity contribution in [3.05, 3.63) is 51.7 Å². The molecule has 2 unspecified atom stereocenters. The Bertz CT molecular complexity index is 552. The van der Waals surface area contributed by atoms with Gasteiger partial charge in [0.1, 0.15) is 5.82 Å². The van der Waals surface area contributed by atoms with E-state index in [0.29, 0.717) is 5.92 Å². The first-order valence-electron chi connectivity index (χ1n) is 6.18. The summed E-state index contributed by atoms with van der Waals surface area (Å²) in [7, 11) is 0. The fourth-order valence-electron chi connectivity index (χ4n) is 2.74. The van der Waals surface area contributed by atoms with Gasteiger partial charge in [0.05, 0.1) is 6.20 Å². The molecule has 2 aromatic rings. The summed E-state index contributed by atoms with van der Waals surface area (Å²) in [5.74, 6) is -0.0205. The molecule has 4 heteroatoms. The van der Waals surface area contributed by atoms with Gasteiger partial charge in [-0.25, -0.2) is 4.39 Å². The first-order chi connectivity index (χ1) is 8.75. The van der Waals surface area contributed by atoms with Crippen molar-refractivity contribution in [1.29, 1.82) is 0 Å². The number of hydrogen-bond donors (Lipinski definition) is 1. The Balaban J connectivity index is 1.93. The molecule has 0 spiro atoms. The molecule has 0 saturated carbocycles. The summed E-state index contributed by atoms with van der Waals surface area (Å²) >= 11 is 1.80. The predicted molar refractivity (Wildman–Crippen MR) is 71.1 cm³/mol. The average Bonchev–Trinajstić information content (AvgIpc) is 2.86. The molecule has 0 aromatic carbocycles. The van der Waals surface area contributed by atoms with E-state index in [1.165, 1.54) is 22.7 Å². The third-order valence-electron chi connectivity index (χ3n) is 3.64. The van der Waals surface area contributed by atoms with E-state index in [-0.39, 0.29) is 11.9 Å². The van der Waals surface area contributed by atoms with Crippen LogP contribution in [-0.2, 0) is 6.42 Å². The minimum atomic E-state index is -0.315. The maximum atomic E-state index is 13.2. The van der Waals surface area contributed by atoms with Crippen molar-refractivity contribution in [3.8, 4) is 0 Å². The van der Waals surface area contributed by atoms with Crippen molar-refractivity contribution in [1.82, 2.24) is 4.98 Å². The van der Waals surface area contributed by atoms with Gasteiger partial charge in [-0.3, -0.25) is 4.98 Å². The largest absolute Gasteiger partial charge is 0.323 e. The fraction of sp³-hybridized carbons (Fsp3) is 0.357. The van der Waals surface area contributed by atoms with E-state index in [1.54, 1.807) is 17.5 Å². The van der Waals surface area contributed by atoms with Crippen molar-refractivity contribution < 1.29 is 4.39 Å². The summed E-state index contributed by atoms with van der Waals surface area (Å²) in [6.07, 6.45) is 6.27. The second kappa shape index (κ2) is 4.78. The molecule has 0 fully saturated rings. The SMILES string of the molecule is NC(c1cncc(F)c1)C1CCCc2sccc21. The van der Waals surface area contributed by atoms with E-state index in [9.17, 15) is 4.39 Å². The minimum Gasteiger partial charge on any atom is -0.323 e. The molecule has 2 heterocycles.